The number of Topliss-reactive ketones (excluding diaryl/α,β-unsaturated/α-hetero) is 2. The first-order valence-corrected chi connectivity index (χ1v) is 11.0. The molecule has 28 heavy (non-hydrogen) atoms. The second-order valence-corrected chi connectivity index (χ2v) is 10.7. The standard InChI is InChI=1S/C23H32O5/c1-12(24)23-19(28-23)10-17-16-6-5-14-9-15(27-13(2)25)7-8-21(14,3)20(16)18(26)11-22(17,23)4/h14-17,19-20H,5-11H2,1-4H3/t14-,15+,16-,17-,19+,20-,21-,22+,23+/m0/s1. The topological polar surface area (TPSA) is 73.0 Å². The zero-order valence-electron chi connectivity index (χ0n) is 17.5. The Labute approximate surface area is 166 Å². The third-order valence-corrected chi connectivity index (χ3v) is 9.59. The number of rotatable bonds is 2. The molecule has 0 unspecified atom stereocenters. The summed E-state index contributed by atoms with van der Waals surface area (Å²) in [5.41, 5.74) is -1.03. The van der Waals surface area contributed by atoms with Gasteiger partial charge in [-0.1, -0.05) is 13.8 Å². The van der Waals surface area contributed by atoms with Crippen LogP contribution in [0.15, 0.2) is 0 Å². The second kappa shape index (κ2) is 5.68. The van der Waals surface area contributed by atoms with Gasteiger partial charge in [0.15, 0.2) is 11.4 Å². The van der Waals surface area contributed by atoms with E-state index in [2.05, 4.69) is 13.8 Å². The molecule has 0 N–H and O–H groups in total. The highest BCUT2D eigenvalue weighted by atomic mass is 16.6. The zero-order valence-corrected chi connectivity index (χ0v) is 17.5. The Bertz CT molecular complexity index is 760. The second-order valence-electron chi connectivity index (χ2n) is 10.7. The summed E-state index contributed by atoms with van der Waals surface area (Å²) in [7, 11) is 0. The van der Waals surface area contributed by atoms with Gasteiger partial charge in [0.25, 0.3) is 0 Å². The summed E-state index contributed by atoms with van der Waals surface area (Å²) in [5, 5.41) is 0. The normalized spacial score (nSPS) is 54.1. The van der Waals surface area contributed by atoms with E-state index in [0.717, 1.165) is 38.5 Å². The maximum Gasteiger partial charge on any atom is 0.302 e. The first-order valence-electron chi connectivity index (χ1n) is 11.0. The minimum absolute atomic E-state index is 0.00425. The summed E-state index contributed by atoms with van der Waals surface area (Å²) in [4.78, 5) is 37.4. The molecule has 0 bridgehead atoms. The van der Waals surface area contributed by atoms with E-state index in [0.29, 0.717) is 30.0 Å². The number of ether oxygens (including phenoxy) is 2. The van der Waals surface area contributed by atoms with Crippen LogP contribution in [-0.4, -0.2) is 35.3 Å². The molecule has 154 valence electrons. The van der Waals surface area contributed by atoms with Crippen molar-refractivity contribution in [3.63, 3.8) is 0 Å². The monoisotopic (exact) mass is 388 g/mol. The Morgan fingerprint density at radius 1 is 1.11 bits per heavy atom. The Balaban J connectivity index is 1.44. The molecule has 1 heterocycles. The summed E-state index contributed by atoms with van der Waals surface area (Å²) >= 11 is 0. The van der Waals surface area contributed by atoms with E-state index < -0.39 is 5.60 Å². The quantitative estimate of drug-likeness (QED) is 0.535. The molecule has 0 spiro atoms. The Morgan fingerprint density at radius 2 is 1.86 bits per heavy atom. The van der Waals surface area contributed by atoms with Crippen molar-refractivity contribution in [1.82, 2.24) is 0 Å². The van der Waals surface area contributed by atoms with Crippen LogP contribution in [0.2, 0.25) is 0 Å². The third kappa shape index (κ3) is 2.15. The fourth-order valence-electron chi connectivity index (χ4n) is 8.44. The average molecular weight is 389 g/mol. The van der Waals surface area contributed by atoms with Crippen LogP contribution in [0, 0.1) is 34.5 Å². The van der Waals surface area contributed by atoms with E-state index in [9.17, 15) is 14.4 Å². The van der Waals surface area contributed by atoms with Crippen LogP contribution < -0.4 is 0 Å². The van der Waals surface area contributed by atoms with Crippen molar-refractivity contribution in [2.45, 2.75) is 90.4 Å². The SMILES string of the molecule is CC(=O)O[C@@H]1CC[C@@]2(C)[C@@H](CC[C@@H]3[C@H]2C(=O)C[C@]2(C)[C@H]3C[C@H]3O[C@]32C(C)=O)C1. The molecule has 0 aromatic rings. The molecule has 1 saturated heterocycles. The molecule has 0 aromatic heterocycles. The minimum atomic E-state index is -0.691. The predicted molar refractivity (Wildman–Crippen MR) is 101 cm³/mol. The number of esters is 1. The van der Waals surface area contributed by atoms with Gasteiger partial charge in [-0.2, -0.15) is 0 Å². The number of ketones is 2. The molecule has 4 aliphatic carbocycles. The fourth-order valence-corrected chi connectivity index (χ4v) is 8.44. The number of hydrogen-bond donors (Lipinski definition) is 0. The van der Waals surface area contributed by atoms with Crippen LogP contribution in [0.25, 0.3) is 0 Å². The molecule has 5 aliphatic rings. The van der Waals surface area contributed by atoms with Crippen molar-refractivity contribution in [2.75, 3.05) is 0 Å². The van der Waals surface area contributed by atoms with E-state index >= 15 is 0 Å². The highest BCUT2D eigenvalue weighted by Gasteiger charge is 2.80. The smallest absolute Gasteiger partial charge is 0.302 e. The van der Waals surface area contributed by atoms with E-state index in [4.69, 9.17) is 9.47 Å². The Kier molecular flexibility index (Phi) is 3.81. The zero-order chi connectivity index (χ0) is 20.1. The van der Waals surface area contributed by atoms with Gasteiger partial charge in [0.05, 0.1) is 6.10 Å². The molecule has 1 aliphatic heterocycles. The van der Waals surface area contributed by atoms with E-state index in [1.54, 1.807) is 6.92 Å². The summed E-state index contributed by atoms with van der Waals surface area (Å²) in [5.74, 6) is 1.55. The van der Waals surface area contributed by atoms with Crippen molar-refractivity contribution in [1.29, 1.82) is 0 Å². The van der Waals surface area contributed by atoms with Crippen LogP contribution in [0.1, 0.15) is 72.6 Å². The number of carbonyl (C=O) groups excluding carboxylic acids is 3. The van der Waals surface area contributed by atoms with Crippen LogP contribution in [0.4, 0.5) is 0 Å². The molecule has 5 fully saturated rings. The van der Waals surface area contributed by atoms with Gasteiger partial charge in [-0.15, -0.1) is 0 Å². The predicted octanol–water partition coefficient (Wildman–Crippen LogP) is 3.48. The van der Waals surface area contributed by atoms with Gasteiger partial charge < -0.3 is 9.47 Å². The van der Waals surface area contributed by atoms with Crippen molar-refractivity contribution >= 4 is 17.5 Å². The number of epoxide rings is 1. The largest absolute Gasteiger partial charge is 0.463 e. The van der Waals surface area contributed by atoms with Crippen LogP contribution in [0.3, 0.4) is 0 Å². The van der Waals surface area contributed by atoms with E-state index in [-0.39, 0.29) is 40.7 Å². The third-order valence-electron chi connectivity index (χ3n) is 9.59. The lowest BCUT2D eigenvalue weighted by Crippen LogP contribution is -2.60. The lowest BCUT2D eigenvalue weighted by atomic mass is 9.44. The molecule has 9 atom stereocenters. The van der Waals surface area contributed by atoms with Crippen molar-refractivity contribution in [3.05, 3.63) is 0 Å². The Morgan fingerprint density at radius 3 is 2.54 bits per heavy atom. The van der Waals surface area contributed by atoms with Gasteiger partial charge in [-0.25, -0.2) is 0 Å². The van der Waals surface area contributed by atoms with Crippen LogP contribution >= 0.6 is 0 Å². The summed E-state index contributed by atoms with van der Waals surface area (Å²) in [6, 6.07) is 0. The number of hydrogen-bond acceptors (Lipinski definition) is 5. The van der Waals surface area contributed by atoms with Crippen LogP contribution in [0.5, 0.6) is 0 Å². The highest BCUT2D eigenvalue weighted by molar-refractivity contribution is 5.93. The number of fused-ring (bicyclic) bond motifs is 7. The lowest BCUT2D eigenvalue weighted by Gasteiger charge is -2.60. The number of carbonyl (C=O) groups is 3. The fraction of sp³-hybridized carbons (Fsp3) is 0.870. The maximum atomic E-state index is 13.6. The lowest BCUT2D eigenvalue weighted by molar-refractivity contribution is -0.174. The molecule has 0 radical (unpaired) electrons. The van der Waals surface area contributed by atoms with Crippen LogP contribution in [-0.2, 0) is 23.9 Å². The molecule has 0 aromatic carbocycles. The maximum absolute atomic E-state index is 13.6. The van der Waals surface area contributed by atoms with Gasteiger partial charge in [0.2, 0.25) is 0 Å². The van der Waals surface area contributed by atoms with Gasteiger partial charge in [0, 0.05) is 24.7 Å². The van der Waals surface area contributed by atoms with Crippen molar-refractivity contribution in [2.24, 2.45) is 34.5 Å². The molecular formula is C23H32O5. The van der Waals surface area contributed by atoms with Gasteiger partial charge in [-0.3, -0.25) is 14.4 Å². The van der Waals surface area contributed by atoms with E-state index in [1.165, 1.54) is 6.92 Å². The molecule has 0 amide bonds. The molecular weight excluding hydrogens is 356 g/mol. The molecule has 5 heteroatoms. The van der Waals surface area contributed by atoms with Gasteiger partial charge in [0.1, 0.15) is 11.9 Å². The van der Waals surface area contributed by atoms with Gasteiger partial charge >= 0.3 is 5.97 Å². The van der Waals surface area contributed by atoms with Crippen molar-refractivity contribution < 1.29 is 23.9 Å². The average Bonchev–Trinajstić information content (AvgIpc) is 3.28. The first kappa shape index (κ1) is 18.8. The highest BCUT2D eigenvalue weighted by Crippen LogP contribution is 2.73. The van der Waals surface area contributed by atoms with Crippen molar-refractivity contribution in [3.8, 4) is 0 Å². The Hall–Kier alpha value is -1.23. The first-order chi connectivity index (χ1) is 13.1. The summed E-state index contributed by atoms with van der Waals surface area (Å²) in [6.07, 6.45) is 6.26. The molecule has 5 rings (SSSR count). The molecule has 5 nitrogen and oxygen atoms in total. The summed E-state index contributed by atoms with van der Waals surface area (Å²) in [6.45, 7) is 7.57. The summed E-state index contributed by atoms with van der Waals surface area (Å²) < 4.78 is 11.4. The minimum Gasteiger partial charge on any atom is -0.463 e. The van der Waals surface area contributed by atoms with Gasteiger partial charge in [-0.05, 0) is 68.6 Å². The molecule has 4 saturated carbocycles. The van der Waals surface area contributed by atoms with E-state index in [1.807, 2.05) is 0 Å².